The fraction of sp³-hybridized carbons (Fsp3) is 0.522. The summed E-state index contributed by atoms with van der Waals surface area (Å²) in [6, 6.07) is 0. The summed E-state index contributed by atoms with van der Waals surface area (Å²) in [4.78, 5) is 30.3. The molecule has 0 saturated carbocycles. The Bertz CT molecular complexity index is 3780. The van der Waals surface area contributed by atoms with Gasteiger partial charge in [-0.2, -0.15) is 0 Å². The lowest BCUT2D eigenvalue weighted by Crippen LogP contribution is -2.18. The standard InChI is InChI=1S/C46H51O6S12/c1-16-50-38(47)23-32-26(53-41(4,5)59-32)20(27-33(23)60-42(6,7)54-27)19(21-28-34(61-43(8,9)55-28)24(39(48)51-17-2)35-29(21)56-44(10,11)62-35)22-30-36(63-45(12,13)57-30)25(40(49)52-18-3)37-31(22)58-46(14,15)64-37/h16-18H2,1-15H3/i1D3,2D3,3D3,4D3,5D3,6D3,7D3,8D3,9D3,10D3,11D3,12D3,13D3,14D3,15D3,16D2,17D2,18D2. The van der Waals surface area contributed by atoms with Crippen molar-refractivity contribution in [2.45, 2.75) is 186 Å². The molecule has 0 fully saturated rings. The quantitative estimate of drug-likeness (QED) is 0.116. The second-order valence-corrected chi connectivity index (χ2v) is 29.2. The summed E-state index contributed by atoms with van der Waals surface area (Å²) in [7, 11) is 0. The number of carbonyl (C=O) groups excluding carboxylic acids is 3. The molecule has 0 atom stereocenters. The normalized spacial score (nSPS) is 37.0. The second-order valence-electron chi connectivity index (χ2n) is 13.0. The first-order valence-corrected chi connectivity index (χ1v) is 26.3. The molecule has 0 N–H and O–H groups in total. The van der Waals surface area contributed by atoms with Crippen molar-refractivity contribution in [2.24, 2.45) is 0 Å². The van der Waals surface area contributed by atoms with Gasteiger partial charge in [-0.25, -0.2) is 14.4 Å². The van der Waals surface area contributed by atoms with Crippen molar-refractivity contribution >= 4 is 159 Å². The summed E-state index contributed by atoms with van der Waals surface area (Å²) < 4.78 is 445. The van der Waals surface area contributed by atoms with Crippen LogP contribution in [0.4, 0.5) is 0 Å². The molecular formula is C46H51O6S12. The van der Waals surface area contributed by atoms with Crippen LogP contribution in [0.2, 0.25) is 0 Å². The highest BCUT2D eigenvalue weighted by molar-refractivity contribution is 8.23. The highest BCUT2D eigenvalue weighted by Crippen LogP contribution is 2.74. The van der Waals surface area contributed by atoms with Crippen molar-refractivity contribution in [3.05, 3.63) is 39.3 Å². The fourth-order valence-electron chi connectivity index (χ4n) is 6.90. The first-order chi connectivity index (χ1) is 50.4. The van der Waals surface area contributed by atoms with Gasteiger partial charge in [-0.1, -0.05) is 0 Å². The molecule has 3 aromatic carbocycles. The van der Waals surface area contributed by atoms with Crippen molar-refractivity contribution in [3.8, 4) is 0 Å². The topological polar surface area (TPSA) is 78.9 Å². The maximum atomic E-state index is 15.7. The van der Waals surface area contributed by atoms with Gasteiger partial charge < -0.3 is 14.2 Å². The number of rotatable bonds is 9. The van der Waals surface area contributed by atoms with Gasteiger partial charge in [0, 0.05) is 120 Å². The van der Waals surface area contributed by atoms with Crippen molar-refractivity contribution in [1.82, 2.24) is 0 Å². The van der Waals surface area contributed by atoms with E-state index in [0.29, 0.717) is 0 Å². The van der Waals surface area contributed by atoms with Gasteiger partial charge in [0.15, 0.2) is 0 Å². The third-order valence-corrected chi connectivity index (χ3v) is 23.3. The SMILES string of the molecule is [2H]C([2H])([2H])C([2H])([2H])OC(=O)c1c2c(c([C](c3c4c(c(C(=O)OC([2H])([2H])C([2H])([2H])[2H])c5c3SC(C([2H])([2H])[2H])(C([2H])([2H])[2H])S5)SC(C([2H])([2H])[2H])(C([2H])([2H])[2H])S4)c3c4c(c(C(=O)OC([2H])([2H])C([2H])([2H])[2H])c5c3SC(C([2H])([2H])[2H])(C([2H])([2H])[2H])S5)SC(C([2H])([2H])[2H])(C([2H])([2H])[2H])S4)c3c1SC(C([2H])([2H])[2H])(C([2H])([2H])[2H])S3)SC(C([2H])([2H])[2H])(C([2H])([2H])[2H])S2. The second kappa shape index (κ2) is 17.0. The average molecular weight is 1140 g/mol. The minimum Gasteiger partial charge on any atom is -0.462 e. The highest BCUT2D eigenvalue weighted by Gasteiger charge is 2.54. The molecule has 0 unspecified atom stereocenters. The predicted molar refractivity (Wildman–Crippen MR) is 283 cm³/mol. The van der Waals surface area contributed by atoms with Crippen LogP contribution in [0.25, 0.3) is 0 Å². The third-order valence-electron chi connectivity index (χ3n) is 8.71. The van der Waals surface area contributed by atoms with E-state index in [-0.39, 0.29) is 0 Å². The average Bonchev–Trinajstić information content (AvgIpc) is 1.48. The van der Waals surface area contributed by atoms with Crippen LogP contribution in [0.3, 0.4) is 0 Å². The zero-order valence-corrected chi connectivity index (χ0v) is 40.1. The van der Waals surface area contributed by atoms with Gasteiger partial charge in [-0.15, -0.1) is 141 Å². The summed E-state index contributed by atoms with van der Waals surface area (Å²) in [5, 5.41) is 0. The van der Waals surface area contributed by atoms with Gasteiger partial charge in [0.25, 0.3) is 0 Å². The van der Waals surface area contributed by atoms with Gasteiger partial charge in [0.05, 0.1) is 75.0 Å². The zero-order valence-electron chi connectivity index (χ0n) is 81.3. The van der Waals surface area contributed by atoms with E-state index in [2.05, 4.69) is 0 Å². The molecule has 64 heavy (non-hydrogen) atoms. The van der Waals surface area contributed by atoms with E-state index >= 15 is 14.4 Å². The summed E-state index contributed by atoms with van der Waals surface area (Å²) in [5.41, 5.74) is -9.23. The van der Waals surface area contributed by atoms with Crippen molar-refractivity contribution in [1.29, 1.82) is 0 Å². The van der Waals surface area contributed by atoms with Crippen LogP contribution in [0.1, 0.15) is 220 Å². The largest absolute Gasteiger partial charge is 0.462 e. The Morgan fingerprint density at radius 3 is 0.672 bits per heavy atom. The number of hydrogen-bond acceptors (Lipinski definition) is 18. The maximum absolute atomic E-state index is 15.7. The summed E-state index contributed by atoms with van der Waals surface area (Å²) >= 11 is -6.27. The molecule has 0 spiro atoms. The molecule has 0 aliphatic carbocycles. The monoisotopic (exact) mass is 1130 g/mol. The highest BCUT2D eigenvalue weighted by atomic mass is 32.2. The minimum absolute atomic E-state index is 0.517. The van der Waals surface area contributed by atoms with E-state index in [4.69, 9.17) is 84.1 Å². The minimum atomic E-state index is -4.32. The van der Waals surface area contributed by atoms with Crippen LogP contribution in [0, 0.1) is 5.92 Å². The predicted octanol–water partition coefficient (Wildman–Crippen LogP) is 16.8. The molecule has 6 aliphatic rings. The fourth-order valence-corrected chi connectivity index (χ4v) is 22.1. The molecule has 0 amide bonds. The smallest absolute Gasteiger partial charge is 0.340 e. The van der Waals surface area contributed by atoms with Crippen molar-refractivity contribution in [3.63, 3.8) is 0 Å². The first-order valence-electron chi connectivity index (χ1n) is 42.0. The lowest BCUT2D eigenvalue weighted by atomic mass is 9.83. The number of benzene rings is 3. The number of thioether (sulfide) groups is 12. The van der Waals surface area contributed by atoms with Crippen LogP contribution in [-0.2, 0) is 14.2 Å². The van der Waals surface area contributed by atoms with Crippen molar-refractivity contribution in [2.75, 3.05) is 19.7 Å². The molecule has 1 radical (unpaired) electrons. The zero-order chi connectivity index (χ0) is 89.3. The van der Waals surface area contributed by atoms with Crippen LogP contribution in [0.15, 0.2) is 58.7 Å². The van der Waals surface area contributed by atoms with Gasteiger partial charge in [0.2, 0.25) is 0 Å². The van der Waals surface area contributed by atoms with Gasteiger partial charge in [0.1, 0.15) is 0 Å². The summed E-state index contributed by atoms with van der Waals surface area (Å²) in [6.07, 6.45) is 0. The van der Waals surface area contributed by atoms with Crippen LogP contribution < -0.4 is 0 Å². The Labute approximate surface area is 501 Å². The van der Waals surface area contributed by atoms with E-state index in [1.807, 2.05) is 0 Å². The molecule has 3 aromatic rings. The summed E-state index contributed by atoms with van der Waals surface area (Å²) in [6.45, 7) is -75.6. The van der Waals surface area contributed by atoms with E-state index in [0.717, 1.165) is 0 Å². The van der Waals surface area contributed by atoms with Gasteiger partial charge >= 0.3 is 17.9 Å². The van der Waals surface area contributed by atoms with Crippen LogP contribution >= 0.6 is 141 Å². The van der Waals surface area contributed by atoms with E-state index in [1.165, 1.54) is 0 Å². The number of ether oxygens (including phenoxy) is 3. The first kappa shape index (κ1) is 16.9. The van der Waals surface area contributed by atoms with Crippen molar-refractivity contribution < 1.29 is 98.5 Å². The van der Waals surface area contributed by atoms with Gasteiger partial charge in [-0.05, 0) is 119 Å². The number of hydrogen-bond donors (Lipinski definition) is 0. The number of esters is 3. The number of carbonyl (C=O) groups is 3. The lowest BCUT2D eigenvalue weighted by Gasteiger charge is -2.31. The molecule has 18 heteroatoms. The molecule has 9 rings (SSSR count). The summed E-state index contributed by atoms with van der Waals surface area (Å²) in [5.74, 6) is -8.84. The van der Waals surface area contributed by atoms with E-state index in [1.54, 1.807) is 0 Å². The Balaban J connectivity index is 1.80. The Kier molecular flexibility index (Phi) is 4.49. The maximum Gasteiger partial charge on any atom is 0.340 e. The van der Waals surface area contributed by atoms with Gasteiger partial charge in [-0.3, -0.25) is 0 Å². The molecular weight excluding hydrogens is 1030 g/mol. The van der Waals surface area contributed by atoms with E-state index < -0.39 is 404 Å². The van der Waals surface area contributed by atoms with Crippen LogP contribution in [0.5, 0.6) is 0 Å². The Morgan fingerprint density at radius 1 is 0.344 bits per heavy atom. The Hall–Kier alpha value is 0.270. The molecule has 0 bridgehead atoms. The molecule has 6 aliphatic heterocycles. The van der Waals surface area contributed by atoms with E-state index in [9.17, 15) is 0 Å². The lowest BCUT2D eigenvalue weighted by molar-refractivity contribution is 0.0507. The molecule has 343 valence electrons. The molecule has 0 saturated heterocycles. The molecule has 6 heterocycles. The third kappa shape index (κ3) is 8.56. The Morgan fingerprint density at radius 2 is 0.516 bits per heavy atom. The molecule has 0 aromatic heterocycles. The number of fused-ring (bicyclic) bond motifs is 6. The van der Waals surface area contributed by atoms with Crippen LogP contribution in [-0.4, -0.2) is 62.1 Å². The molecule has 6 nitrogen and oxygen atoms in total.